The Morgan fingerprint density at radius 3 is 2.02 bits per heavy atom. The first-order valence-corrected chi connectivity index (χ1v) is 17.3. The molecule has 9 heteroatoms. The predicted octanol–water partition coefficient (Wildman–Crippen LogP) is 5.91. The molecule has 0 radical (unpaired) electrons. The number of carbonyl (C=O) groups is 2. The van der Waals surface area contributed by atoms with Crippen molar-refractivity contribution in [2.75, 3.05) is 17.1 Å². The van der Waals surface area contributed by atoms with Gasteiger partial charge in [0, 0.05) is 17.1 Å². The highest BCUT2D eigenvalue weighted by molar-refractivity contribution is 7.92. The number of nitrogens with zero attached hydrogens (tertiary/aromatic N) is 2. The van der Waals surface area contributed by atoms with E-state index >= 15 is 0 Å². The lowest BCUT2D eigenvalue weighted by molar-refractivity contribution is -0.140. The second-order valence-electron chi connectivity index (χ2n) is 14.0. The Balaban J connectivity index is 1.40. The number of sulfonamides is 1. The lowest BCUT2D eigenvalue weighted by Crippen LogP contribution is -2.54. The molecule has 0 aliphatic heterocycles. The molecular formula is C33H44ClN3O4S. The van der Waals surface area contributed by atoms with Crippen molar-refractivity contribution in [2.45, 2.75) is 89.8 Å². The Hall–Kier alpha value is -2.58. The molecule has 0 aromatic heterocycles. The predicted molar refractivity (Wildman–Crippen MR) is 168 cm³/mol. The zero-order valence-corrected chi connectivity index (χ0v) is 27.0. The minimum atomic E-state index is -3.80. The first kappa shape index (κ1) is 30.9. The molecule has 6 rings (SSSR count). The molecule has 1 N–H and O–H groups in total. The van der Waals surface area contributed by atoms with E-state index in [9.17, 15) is 18.0 Å². The van der Waals surface area contributed by atoms with Gasteiger partial charge in [-0.3, -0.25) is 13.9 Å². The van der Waals surface area contributed by atoms with Crippen molar-refractivity contribution in [3.8, 4) is 0 Å². The van der Waals surface area contributed by atoms with E-state index in [4.69, 9.17) is 11.6 Å². The maximum Gasteiger partial charge on any atom is 0.244 e. The van der Waals surface area contributed by atoms with Crippen molar-refractivity contribution in [3.05, 3.63) is 64.7 Å². The number of rotatable bonds is 9. The average molecular weight is 614 g/mol. The fraction of sp³-hybridized carbons (Fsp3) is 0.576. The third kappa shape index (κ3) is 6.65. The molecule has 4 aliphatic rings. The van der Waals surface area contributed by atoms with Gasteiger partial charge in [0.1, 0.15) is 12.6 Å². The largest absolute Gasteiger partial charge is 0.350 e. The van der Waals surface area contributed by atoms with E-state index in [0.717, 1.165) is 28.3 Å². The van der Waals surface area contributed by atoms with Crippen LogP contribution in [0, 0.1) is 17.8 Å². The molecule has 0 unspecified atom stereocenters. The van der Waals surface area contributed by atoms with Crippen molar-refractivity contribution in [2.24, 2.45) is 17.8 Å². The van der Waals surface area contributed by atoms with Gasteiger partial charge in [0.2, 0.25) is 21.8 Å². The number of halogens is 1. The van der Waals surface area contributed by atoms with Crippen LogP contribution in [0.2, 0.25) is 5.02 Å². The molecule has 0 heterocycles. The van der Waals surface area contributed by atoms with E-state index in [1.807, 2.05) is 39.0 Å². The molecule has 4 saturated carbocycles. The fourth-order valence-electron chi connectivity index (χ4n) is 7.93. The molecule has 42 heavy (non-hydrogen) atoms. The third-order valence-corrected chi connectivity index (χ3v) is 11.0. The molecule has 0 saturated heterocycles. The normalized spacial score (nSPS) is 25.6. The zero-order valence-electron chi connectivity index (χ0n) is 25.4. The molecule has 2 aromatic rings. The van der Waals surface area contributed by atoms with E-state index in [1.54, 1.807) is 25.1 Å². The number of benzene rings is 2. The van der Waals surface area contributed by atoms with Crippen LogP contribution < -0.4 is 9.62 Å². The molecule has 4 aliphatic carbocycles. The lowest BCUT2D eigenvalue weighted by atomic mass is 9.48. The highest BCUT2D eigenvalue weighted by Crippen LogP contribution is 2.60. The summed E-state index contributed by atoms with van der Waals surface area (Å²) in [6, 6.07) is 14.1. The Morgan fingerprint density at radius 1 is 0.976 bits per heavy atom. The number of carbonyl (C=O) groups excluding carboxylic acids is 2. The van der Waals surface area contributed by atoms with Crippen LogP contribution in [0.25, 0.3) is 0 Å². The zero-order chi connectivity index (χ0) is 30.4. The lowest BCUT2D eigenvalue weighted by Gasteiger charge is -2.57. The van der Waals surface area contributed by atoms with Crippen LogP contribution in [0.1, 0.15) is 77.3 Å². The van der Waals surface area contributed by atoms with Crippen LogP contribution in [0.4, 0.5) is 5.69 Å². The third-order valence-electron chi connectivity index (χ3n) is 9.45. The summed E-state index contributed by atoms with van der Waals surface area (Å²) in [5, 5.41) is 3.40. The van der Waals surface area contributed by atoms with Crippen LogP contribution >= 0.6 is 11.6 Å². The van der Waals surface area contributed by atoms with Crippen LogP contribution in [-0.2, 0) is 31.6 Å². The molecule has 7 nitrogen and oxygen atoms in total. The summed E-state index contributed by atoms with van der Waals surface area (Å²) >= 11 is 6.42. The van der Waals surface area contributed by atoms with Gasteiger partial charge in [0.25, 0.3) is 0 Å². The summed E-state index contributed by atoms with van der Waals surface area (Å²) in [6.45, 7) is 6.91. The quantitative estimate of drug-likeness (QED) is 0.381. The summed E-state index contributed by atoms with van der Waals surface area (Å²) in [4.78, 5) is 28.5. The molecule has 0 spiro atoms. The maximum absolute atomic E-state index is 13.9. The van der Waals surface area contributed by atoms with Crippen molar-refractivity contribution in [3.63, 3.8) is 0 Å². The minimum absolute atomic E-state index is 0.0692. The SMILES string of the molecule is C[C@@H](C(=O)NC(C)(C)C)N(Cc1ccccc1Cl)C(=O)CN(c1ccc(C23CC4CC(CC(C4)C2)C3)cc1)S(C)(=O)=O. The van der Waals surface area contributed by atoms with Gasteiger partial charge >= 0.3 is 0 Å². The highest BCUT2D eigenvalue weighted by atomic mass is 35.5. The fourth-order valence-corrected chi connectivity index (χ4v) is 8.97. The van der Waals surface area contributed by atoms with E-state index < -0.39 is 34.1 Å². The van der Waals surface area contributed by atoms with Crippen molar-refractivity contribution < 1.29 is 18.0 Å². The monoisotopic (exact) mass is 613 g/mol. The van der Waals surface area contributed by atoms with Crippen LogP contribution in [0.5, 0.6) is 0 Å². The highest BCUT2D eigenvalue weighted by Gasteiger charge is 2.51. The molecule has 2 amide bonds. The van der Waals surface area contributed by atoms with Crippen LogP contribution in [0.3, 0.4) is 0 Å². The minimum Gasteiger partial charge on any atom is -0.350 e. The topological polar surface area (TPSA) is 86.8 Å². The average Bonchev–Trinajstić information content (AvgIpc) is 2.88. The number of hydrogen-bond acceptors (Lipinski definition) is 4. The second kappa shape index (κ2) is 11.5. The molecule has 1 atom stereocenters. The van der Waals surface area contributed by atoms with Crippen molar-refractivity contribution in [1.82, 2.24) is 10.2 Å². The van der Waals surface area contributed by atoms with E-state index in [-0.39, 0.29) is 17.9 Å². The van der Waals surface area contributed by atoms with Gasteiger partial charge in [-0.05, 0) is 119 Å². The van der Waals surface area contributed by atoms with Gasteiger partial charge in [-0.1, -0.05) is 41.9 Å². The van der Waals surface area contributed by atoms with Gasteiger partial charge in [0.05, 0.1) is 11.9 Å². The molecular weight excluding hydrogens is 570 g/mol. The van der Waals surface area contributed by atoms with Crippen molar-refractivity contribution >= 4 is 39.1 Å². The summed E-state index contributed by atoms with van der Waals surface area (Å²) in [6.07, 6.45) is 8.85. The summed E-state index contributed by atoms with van der Waals surface area (Å²) < 4.78 is 27.3. The summed E-state index contributed by atoms with van der Waals surface area (Å²) in [7, 11) is -3.80. The molecule has 2 aromatic carbocycles. The number of anilines is 1. The number of nitrogens with one attached hydrogen (secondary N) is 1. The Kier molecular flexibility index (Phi) is 8.45. The molecule has 228 valence electrons. The van der Waals surface area contributed by atoms with Gasteiger partial charge in [-0.15, -0.1) is 0 Å². The second-order valence-corrected chi connectivity index (χ2v) is 16.4. The van der Waals surface area contributed by atoms with Crippen LogP contribution in [-0.4, -0.2) is 49.5 Å². The van der Waals surface area contributed by atoms with Crippen molar-refractivity contribution in [1.29, 1.82) is 0 Å². The van der Waals surface area contributed by atoms with Gasteiger partial charge in [-0.25, -0.2) is 8.42 Å². The Morgan fingerprint density at radius 2 is 1.52 bits per heavy atom. The molecule has 4 fully saturated rings. The smallest absolute Gasteiger partial charge is 0.244 e. The van der Waals surface area contributed by atoms with Gasteiger partial charge < -0.3 is 10.2 Å². The van der Waals surface area contributed by atoms with E-state index in [0.29, 0.717) is 16.3 Å². The standard InChI is InChI=1S/C33H44ClN3O4S/c1-22(31(39)35-32(2,3)4)36(20-26-8-6-7-9-29(26)34)30(38)21-37(42(5,40)41)28-12-10-27(11-13-28)33-17-23-14-24(18-33)16-25(15-23)19-33/h6-13,22-25H,14-21H2,1-5H3,(H,35,39)/t22-,23?,24?,25?,33?/m0/s1. The summed E-state index contributed by atoms with van der Waals surface area (Å²) in [5.74, 6) is 1.61. The van der Waals surface area contributed by atoms with Crippen LogP contribution in [0.15, 0.2) is 48.5 Å². The number of hydrogen-bond donors (Lipinski definition) is 1. The van der Waals surface area contributed by atoms with E-state index in [2.05, 4.69) is 17.4 Å². The first-order chi connectivity index (χ1) is 19.6. The Bertz CT molecular complexity index is 1400. The van der Waals surface area contributed by atoms with Gasteiger partial charge in [-0.2, -0.15) is 0 Å². The first-order valence-electron chi connectivity index (χ1n) is 15.1. The maximum atomic E-state index is 13.9. The number of amides is 2. The Labute approximate surface area is 256 Å². The van der Waals surface area contributed by atoms with E-state index in [1.165, 1.54) is 49.0 Å². The summed E-state index contributed by atoms with van der Waals surface area (Å²) in [5.41, 5.74) is 2.11. The van der Waals surface area contributed by atoms with Gasteiger partial charge in [0.15, 0.2) is 0 Å². The molecule has 4 bridgehead atoms.